The number of fused-ring (bicyclic) bond motifs is 1. The zero-order valence-electron chi connectivity index (χ0n) is 18.5. The van der Waals surface area contributed by atoms with Gasteiger partial charge in [0.05, 0.1) is 11.0 Å². The zero-order chi connectivity index (χ0) is 21.7. The number of carbonyl (C=O) groups is 2. The molecule has 30 heavy (non-hydrogen) atoms. The molecule has 1 aromatic carbocycles. The second kappa shape index (κ2) is 7.26. The maximum atomic E-state index is 13.5. The lowest BCUT2D eigenvalue weighted by atomic mass is 9.71. The Bertz CT molecular complexity index is 820. The highest BCUT2D eigenvalue weighted by atomic mass is 16.6. The number of carbonyl (C=O) groups excluding carboxylic acids is 2. The van der Waals surface area contributed by atoms with Gasteiger partial charge in [0.1, 0.15) is 5.60 Å². The van der Waals surface area contributed by atoms with Crippen LogP contribution in [0.4, 0.5) is 4.79 Å². The predicted octanol–water partition coefficient (Wildman–Crippen LogP) is 3.58. The van der Waals surface area contributed by atoms with Crippen molar-refractivity contribution in [2.45, 2.75) is 83.1 Å². The fraction of sp³-hybridized carbons (Fsp3) is 0.667. The van der Waals surface area contributed by atoms with Gasteiger partial charge in [-0.3, -0.25) is 4.79 Å². The lowest BCUT2D eigenvalue weighted by Crippen LogP contribution is -2.48. The summed E-state index contributed by atoms with van der Waals surface area (Å²) in [4.78, 5) is 27.7. The van der Waals surface area contributed by atoms with Crippen molar-refractivity contribution in [2.24, 2.45) is 11.3 Å². The molecule has 2 heterocycles. The standard InChI is InChI=1S/C24H34N2O4/c1-16-19-15-24(29,17-8-6-5-7-9-17)12-13-26(19)20(27)23(16)11-10-18(14-23)25-21(28)30-22(2,3)4/h5-9,16,18-19,29H,10-15H2,1-4H3,(H,25,28)/t16?,18?,19?,23-,24?/m0/s1. The second-order valence-electron chi connectivity index (χ2n) is 10.4. The van der Waals surface area contributed by atoms with Crippen LogP contribution < -0.4 is 5.32 Å². The van der Waals surface area contributed by atoms with Gasteiger partial charge in [0.2, 0.25) is 5.91 Å². The van der Waals surface area contributed by atoms with Crippen molar-refractivity contribution in [3.63, 3.8) is 0 Å². The molecular weight excluding hydrogens is 380 g/mol. The molecule has 3 aliphatic rings. The van der Waals surface area contributed by atoms with Crippen molar-refractivity contribution < 1.29 is 19.4 Å². The smallest absolute Gasteiger partial charge is 0.407 e. The second-order valence-corrected chi connectivity index (χ2v) is 10.4. The highest BCUT2D eigenvalue weighted by Crippen LogP contribution is 2.56. The fourth-order valence-corrected chi connectivity index (χ4v) is 5.87. The van der Waals surface area contributed by atoms with Gasteiger partial charge >= 0.3 is 6.09 Å². The van der Waals surface area contributed by atoms with E-state index in [1.54, 1.807) is 0 Å². The van der Waals surface area contributed by atoms with Crippen molar-refractivity contribution in [2.75, 3.05) is 6.54 Å². The average molecular weight is 415 g/mol. The molecule has 164 valence electrons. The number of hydrogen-bond acceptors (Lipinski definition) is 4. The molecule has 4 unspecified atom stereocenters. The molecule has 6 heteroatoms. The molecule has 5 atom stereocenters. The summed E-state index contributed by atoms with van der Waals surface area (Å²) >= 11 is 0. The van der Waals surface area contributed by atoms with E-state index in [9.17, 15) is 14.7 Å². The van der Waals surface area contributed by atoms with Crippen LogP contribution in [0, 0.1) is 11.3 Å². The number of nitrogens with zero attached hydrogens (tertiary/aromatic N) is 1. The fourth-order valence-electron chi connectivity index (χ4n) is 5.87. The molecule has 0 radical (unpaired) electrons. The predicted molar refractivity (Wildman–Crippen MR) is 114 cm³/mol. The van der Waals surface area contributed by atoms with Crippen molar-refractivity contribution in [1.29, 1.82) is 0 Å². The normalized spacial score (nSPS) is 36.1. The summed E-state index contributed by atoms with van der Waals surface area (Å²) in [6.45, 7) is 8.26. The number of amides is 2. The summed E-state index contributed by atoms with van der Waals surface area (Å²) in [5.74, 6) is 0.328. The Hall–Kier alpha value is -2.08. The van der Waals surface area contributed by atoms with Crippen LogP contribution in [-0.2, 0) is 15.1 Å². The largest absolute Gasteiger partial charge is 0.444 e. The summed E-state index contributed by atoms with van der Waals surface area (Å²) in [5.41, 5.74) is -0.956. The van der Waals surface area contributed by atoms with E-state index in [0.717, 1.165) is 18.4 Å². The molecule has 0 bridgehead atoms. The van der Waals surface area contributed by atoms with E-state index in [1.807, 2.05) is 56.0 Å². The molecule has 2 aliphatic heterocycles. The summed E-state index contributed by atoms with van der Waals surface area (Å²) in [7, 11) is 0. The number of hydrogen-bond donors (Lipinski definition) is 2. The third kappa shape index (κ3) is 3.59. The Balaban J connectivity index is 1.48. The highest BCUT2D eigenvalue weighted by Gasteiger charge is 2.62. The van der Waals surface area contributed by atoms with Crippen molar-refractivity contribution in [3.05, 3.63) is 35.9 Å². The Morgan fingerprint density at radius 3 is 2.57 bits per heavy atom. The molecule has 4 rings (SSSR count). The molecular formula is C24H34N2O4. The quantitative estimate of drug-likeness (QED) is 0.775. The highest BCUT2D eigenvalue weighted by molar-refractivity contribution is 5.87. The third-order valence-corrected chi connectivity index (χ3v) is 7.43. The topological polar surface area (TPSA) is 78.9 Å². The number of alkyl carbamates (subject to hydrolysis) is 1. The van der Waals surface area contributed by atoms with Crippen LogP contribution in [0.3, 0.4) is 0 Å². The van der Waals surface area contributed by atoms with Gasteiger partial charge in [-0.15, -0.1) is 0 Å². The summed E-state index contributed by atoms with van der Waals surface area (Å²) < 4.78 is 5.40. The van der Waals surface area contributed by atoms with Gasteiger partial charge in [-0.25, -0.2) is 4.79 Å². The lowest BCUT2D eigenvalue weighted by molar-refractivity contribution is -0.140. The Morgan fingerprint density at radius 1 is 1.20 bits per heavy atom. The average Bonchev–Trinajstić information content (AvgIpc) is 3.18. The van der Waals surface area contributed by atoms with Gasteiger partial charge in [-0.1, -0.05) is 37.3 Å². The van der Waals surface area contributed by atoms with E-state index in [0.29, 0.717) is 25.8 Å². The summed E-state index contributed by atoms with van der Waals surface area (Å²) in [5, 5.41) is 14.4. The lowest BCUT2D eigenvalue weighted by Gasteiger charge is -2.42. The number of aliphatic hydroxyl groups is 1. The van der Waals surface area contributed by atoms with Gasteiger partial charge in [-0.05, 0) is 57.9 Å². The van der Waals surface area contributed by atoms with Gasteiger partial charge in [0.15, 0.2) is 0 Å². The van der Waals surface area contributed by atoms with E-state index >= 15 is 0 Å². The van der Waals surface area contributed by atoms with Crippen molar-refractivity contribution in [3.8, 4) is 0 Å². The van der Waals surface area contributed by atoms with Crippen LogP contribution in [0.5, 0.6) is 0 Å². The van der Waals surface area contributed by atoms with E-state index in [2.05, 4.69) is 12.2 Å². The van der Waals surface area contributed by atoms with Crippen LogP contribution >= 0.6 is 0 Å². The molecule has 3 fully saturated rings. The zero-order valence-corrected chi connectivity index (χ0v) is 18.5. The van der Waals surface area contributed by atoms with Crippen LogP contribution in [0.25, 0.3) is 0 Å². The summed E-state index contributed by atoms with van der Waals surface area (Å²) in [6.07, 6.45) is 2.89. The van der Waals surface area contributed by atoms with E-state index in [-0.39, 0.29) is 23.9 Å². The van der Waals surface area contributed by atoms with Crippen molar-refractivity contribution in [1.82, 2.24) is 10.2 Å². The summed E-state index contributed by atoms with van der Waals surface area (Å²) in [6, 6.07) is 9.78. The maximum absolute atomic E-state index is 13.5. The van der Waals surface area contributed by atoms with Crippen LogP contribution in [0.1, 0.15) is 65.4 Å². The number of piperidine rings is 1. The van der Waals surface area contributed by atoms with Gasteiger partial charge in [0.25, 0.3) is 0 Å². The molecule has 2 saturated heterocycles. The Kier molecular flexibility index (Phi) is 5.12. The monoisotopic (exact) mass is 414 g/mol. The molecule has 1 saturated carbocycles. The van der Waals surface area contributed by atoms with E-state index in [4.69, 9.17) is 4.74 Å². The van der Waals surface area contributed by atoms with Crippen LogP contribution in [0.2, 0.25) is 0 Å². The first-order valence-corrected chi connectivity index (χ1v) is 11.1. The van der Waals surface area contributed by atoms with Gasteiger partial charge in [-0.2, -0.15) is 0 Å². The van der Waals surface area contributed by atoms with Crippen LogP contribution in [-0.4, -0.2) is 46.2 Å². The van der Waals surface area contributed by atoms with Gasteiger partial charge < -0.3 is 20.1 Å². The Labute approximate surface area is 179 Å². The molecule has 1 spiro atoms. The van der Waals surface area contributed by atoms with Crippen molar-refractivity contribution >= 4 is 12.0 Å². The number of ether oxygens (including phenoxy) is 1. The molecule has 2 amide bonds. The number of nitrogens with one attached hydrogen (secondary N) is 1. The molecule has 1 aromatic rings. The van der Waals surface area contributed by atoms with Crippen LogP contribution in [0.15, 0.2) is 30.3 Å². The Morgan fingerprint density at radius 2 is 1.90 bits per heavy atom. The SMILES string of the molecule is CC1C2CC(O)(c3ccccc3)CCN2C(=O)[C@]12CCC(NC(=O)OC(C)(C)C)C2. The molecule has 1 aliphatic carbocycles. The number of benzene rings is 1. The minimum absolute atomic E-state index is 0.0248. The first-order valence-electron chi connectivity index (χ1n) is 11.1. The van der Waals surface area contributed by atoms with E-state index in [1.165, 1.54) is 0 Å². The third-order valence-electron chi connectivity index (χ3n) is 7.43. The minimum Gasteiger partial charge on any atom is -0.444 e. The van der Waals surface area contributed by atoms with Gasteiger partial charge in [0, 0.05) is 25.0 Å². The van der Waals surface area contributed by atoms with E-state index < -0.39 is 22.7 Å². The molecule has 2 N–H and O–H groups in total. The maximum Gasteiger partial charge on any atom is 0.407 e. The minimum atomic E-state index is -0.894. The molecule has 0 aromatic heterocycles. The first-order chi connectivity index (χ1) is 14.0. The first kappa shape index (κ1) is 21.2. The number of rotatable bonds is 2. The molecule has 6 nitrogen and oxygen atoms in total.